The van der Waals surface area contributed by atoms with Gasteiger partial charge in [-0.05, 0) is 48.6 Å². The van der Waals surface area contributed by atoms with Crippen LogP contribution in [0, 0.1) is 0 Å². The highest BCUT2D eigenvalue weighted by atomic mass is 16.5. The summed E-state index contributed by atoms with van der Waals surface area (Å²) in [6.07, 6.45) is 4.33. The first kappa shape index (κ1) is 17.7. The van der Waals surface area contributed by atoms with Gasteiger partial charge in [0.05, 0.1) is 19.8 Å². The van der Waals surface area contributed by atoms with Crippen LogP contribution < -0.4 is 20.5 Å². The van der Waals surface area contributed by atoms with Crippen molar-refractivity contribution in [2.75, 3.05) is 20.3 Å². The zero-order valence-corrected chi connectivity index (χ0v) is 15.8. The van der Waals surface area contributed by atoms with Crippen molar-refractivity contribution in [3.63, 3.8) is 0 Å². The summed E-state index contributed by atoms with van der Waals surface area (Å²) in [7, 11) is 1.72. The Morgan fingerprint density at radius 3 is 3.00 bits per heavy atom. The van der Waals surface area contributed by atoms with Gasteiger partial charge in [0.15, 0.2) is 5.96 Å². The molecule has 27 heavy (non-hydrogen) atoms. The van der Waals surface area contributed by atoms with Crippen LogP contribution in [-0.2, 0) is 6.42 Å². The Morgan fingerprint density at radius 1 is 1.22 bits per heavy atom. The van der Waals surface area contributed by atoms with Crippen LogP contribution in [0.3, 0.4) is 0 Å². The molecule has 0 fully saturated rings. The molecule has 0 amide bonds. The van der Waals surface area contributed by atoms with E-state index in [9.17, 15) is 0 Å². The van der Waals surface area contributed by atoms with Gasteiger partial charge in [-0.2, -0.15) is 0 Å². The number of rotatable bonds is 4. The molecule has 2 aromatic carbocycles. The SMILES string of the molecule is COc1ccc2c(c1)CCCC2CN=C(N)NC1CCOc2ccccc21. The summed E-state index contributed by atoms with van der Waals surface area (Å²) < 4.78 is 11.1. The fourth-order valence-corrected chi connectivity index (χ4v) is 4.13. The van der Waals surface area contributed by atoms with Crippen molar-refractivity contribution in [3.8, 4) is 11.5 Å². The van der Waals surface area contributed by atoms with Gasteiger partial charge >= 0.3 is 0 Å². The van der Waals surface area contributed by atoms with E-state index in [1.165, 1.54) is 17.5 Å². The third-order valence-electron chi connectivity index (χ3n) is 5.55. The molecule has 2 aromatic rings. The quantitative estimate of drug-likeness (QED) is 0.642. The first-order valence-electron chi connectivity index (χ1n) is 9.69. The first-order valence-corrected chi connectivity index (χ1v) is 9.69. The molecule has 5 heteroatoms. The third kappa shape index (κ3) is 3.87. The van der Waals surface area contributed by atoms with Crippen molar-refractivity contribution in [1.82, 2.24) is 5.32 Å². The number of methoxy groups -OCH3 is 1. The Kier molecular flexibility index (Phi) is 5.19. The summed E-state index contributed by atoms with van der Waals surface area (Å²) in [5, 5.41) is 3.38. The number of nitrogens with two attached hydrogens (primary N) is 1. The molecular formula is C22H27N3O2. The number of benzene rings is 2. The highest BCUT2D eigenvalue weighted by molar-refractivity contribution is 5.78. The maximum Gasteiger partial charge on any atom is 0.189 e. The molecule has 0 radical (unpaired) electrons. The smallest absolute Gasteiger partial charge is 0.189 e. The fraction of sp³-hybridized carbons (Fsp3) is 0.409. The normalized spacial score (nSPS) is 21.6. The monoisotopic (exact) mass is 365 g/mol. The third-order valence-corrected chi connectivity index (χ3v) is 5.55. The zero-order chi connectivity index (χ0) is 18.6. The Labute approximate surface area is 160 Å². The van der Waals surface area contributed by atoms with Gasteiger partial charge < -0.3 is 20.5 Å². The second kappa shape index (κ2) is 7.91. The number of hydrogen-bond donors (Lipinski definition) is 2. The van der Waals surface area contributed by atoms with Gasteiger partial charge in [-0.3, -0.25) is 4.99 Å². The second-order valence-corrected chi connectivity index (χ2v) is 7.25. The molecule has 5 nitrogen and oxygen atoms in total. The van der Waals surface area contributed by atoms with Gasteiger partial charge in [-0.25, -0.2) is 0 Å². The average molecular weight is 365 g/mol. The number of fused-ring (bicyclic) bond motifs is 2. The van der Waals surface area contributed by atoms with Crippen molar-refractivity contribution in [2.45, 2.75) is 37.6 Å². The highest BCUT2D eigenvalue weighted by Gasteiger charge is 2.23. The van der Waals surface area contributed by atoms with Crippen LogP contribution >= 0.6 is 0 Å². The number of hydrogen-bond acceptors (Lipinski definition) is 3. The lowest BCUT2D eigenvalue weighted by Gasteiger charge is -2.27. The number of para-hydroxylation sites is 1. The lowest BCUT2D eigenvalue weighted by molar-refractivity contribution is 0.262. The molecule has 0 spiro atoms. The Hall–Kier alpha value is -2.69. The lowest BCUT2D eigenvalue weighted by atomic mass is 9.83. The van der Waals surface area contributed by atoms with Crippen molar-refractivity contribution < 1.29 is 9.47 Å². The maximum atomic E-state index is 6.22. The summed E-state index contributed by atoms with van der Waals surface area (Å²) in [4.78, 5) is 4.67. The Bertz CT molecular complexity index is 834. The van der Waals surface area contributed by atoms with Gasteiger partial charge in [0.25, 0.3) is 0 Å². The molecule has 2 unspecified atom stereocenters. The molecule has 1 aliphatic heterocycles. The molecule has 2 atom stereocenters. The number of aliphatic imine (C=N–C) groups is 1. The molecular weight excluding hydrogens is 338 g/mol. The Balaban J connectivity index is 1.44. The molecule has 3 N–H and O–H groups in total. The number of guanidine groups is 1. The highest BCUT2D eigenvalue weighted by Crippen LogP contribution is 2.34. The van der Waals surface area contributed by atoms with Gasteiger partial charge in [0, 0.05) is 24.4 Å². The lowest BCUT2D eigenvalue weighted by Crippen LogP contribution is -2.37. The van der Waals surface area contributed by atoms with Crippen molar-refractivity contribution in [2.24, 2.45) is 10.7 Å². The van der Waals surface area contributed by atoms with Gasteiger partial charge in [-0.1, -0.05) is 24.3 Å². The van der Waals surface area contributed by atoms with Crippen LogP contribution in [0.2, 0.25) is 0 Å². The topological polar surface area (TPSA) is 68.9 Å². The average Bonchev–Trinajstić information content (AvgIpc) is 2.72. The van der Waals surface area contributed by atoms with Crippen LogP contribution in [0.1, 0.15) is 47.9 Å². The molecule has 142 valence electrons. The standard InChI is InChI=1S/C22H27N3O2/c1-26-17-9-10-18-15(13-17)5-4-6-16(18)14-24-22(23)25-20-11-12-27-21-8-3-2-7-19(20)21/h2-3,7-10,13,16,20H,4-6,11-12,14H2,1H3,(H3,23,24,25). The van der Waals surface area contributed by atoms with Crippen LogP contribution in [0.25, 0.3) is 0 Å². The van der Waals surface area contributed by atoms with E-state index in [1.807, 2.05) is 24.3 Å². The van der Waals surface area contributed by atoms with Crippen LogP contribution in [0.4, 0.5) is 0 Å². The predicted molar refractivity (Wildman–Crippen MR) is 108 cm³/mol. The summed E-state index contributed by atoms with van der Waals surface area (Å²) in [6.45, 7) is 1.41. The molecule has 4 rings (SSSR count). The molecule has 1 heterocycles. The molecule has 0 saturated carbocycles. The number of aryl methyl sites for hydroxylation is 1. The molecule has 2 aliphatic rings. The van der Waals surface area contributed by atoms with Crippen LogP contribution in [0.15, 0.2) is 47.5 Å². The number of ether oxygens (including phenoxy) is 2. The minimum Gasteiger partial charge on any atom is -0.497 e. The van der Waals surface area contributed by atoms with E-state index < -0.39 is 0 Å². The van der Waals surface area contributed by atoms with Crippen molar-refractivity contribution in [1.29, 1.82) is 0 Å². The summed E-state index contributed by atoms with van der Waals surface area (Å²) >= 11 is 0. The fourth-order valence-electron chi connectivity index (χ4n) is 4.13. The van der Waals surface area contributed by atoms with E-state index >= 15 is 0 Å². The minimum absolute atomic E-state index is 0.154. The van der Waals surface area contributed by atoms with Crippen molar-refractivity contribution in [3.05, 3.63) is 59.2 Å². The van der Waals surface area contributed by atoms with E-state index in [4.69, 9.17) is 15.2 Å². The second-order valence-electron chi connectivity index (χ2n) is 7.25. The van der Waals surface area contributed by atoms with Gasteiger partial charge in [-0.15, -0.1) is 0 Å². The van der Waals surface area contributed by atoms with E-state index in [-0.39, 0.29) is 6.04 Å². The van der Waals surface area contributed by atoms with E-state index in [0.29, 0.717) is 25.0 Å². The van der Waals surface area contributed by atoms with E-state index in [2.05, 4.69) is 28.5 Å². The van der Waals surface area contributed by atoms with Crippen LogP contribution in [-0.4, -0.2) is 26.2 Å². The number of nitrogens with zero attached hydrogens (tertiary/aromatic N) is 1. The van der Waals surface area contributed by atoms with Crippen molar-refractivity contribution >= 4 is 5.96 Å². The van der Waals surface area contributed by atoms with E-state index in [1.54, 1.807) is 7.11 Å². The summed E-state index contributed by atoms with van der Waals surface area (Å²) in [6, 6.07) is 14.7. The number of nitrogens with one attached hydrogen (secondary N) is 1. The van der Waals surface area contributed by atoms with Gasteiger partial charge in [0.1, 0.15) is 11.5 Å². The van der Waals surface area contributed by atoms with Gasteiger partial charge in [0.2, 0.25) is 0 Å². The molecule has 0 saturated heterocycles. The largest absolute Gasteiger partial charge is 0.497 e. The van der Waals surface area contributed by atoms with E-state index in [0.717, 1.165) is 36.3 Å². The predicted octanol–water partition coefficient (Wildman–Crippen LogP) is 3.54. The summed E-state index contributed by atoms with van der Waals surface area (Å²) in [5.41, 5.74) is 10.1. The minimum atomic E-state index is 0.154. The van der Waals surface area contributed by atoms with Crippen LogP contribution in [0.5, 0.6) is 11.5 Å². The maximum absolute atomic E-state index is 6.22. The molecule has 0 bridgehead atoms. The molecule has 1 aliphatic carbocycles. The summed E-state index contributed by atoms with van der Waals surface area (Å²) in [5.74, 6) is 2.79. The zero-order valence-electron chi connectivity index (χ0n) is 15.8. The Morgan fingerprint density at radius 2 is 2.11 bits per heavy atom. The molecule has 0 aromatic heterocycles. The first-order chi connectivity index (χ1) is 13.2.